The molecule has 0 bridgehead atoms. The number of alkyl halides is 2. The van der Waals surface area contributed by atoms with Crippen LogP contribution in [0.5, 0.6) is 0 Å². The van der Waals surface area contributed by atoms with E-state index in [9.17, 15) is 8.78 Å². The van der Waals surface area contributed by atoms with Gasteiger partial charge in [0, 0.05) is 6.20 Å². The minimum absolute atomic E-state index is 0.342. The zero-order chi connectivity index (χ0) is 7.56. The number of rotatable bonds is 2. The summed E-state index contributed by atoms with van der Waals surface area (Å²) >= 11 is 3.05. The topological polar surface area (TPSA) is 17.8 Å². The van der Waals surface area contributed by atoms with Crippen LogP contribution in [0.25, 0.3) is 0 Å². The maximum absolute atomic E-state index is 11.7. The van der Waals surface area contributed by atoms with Gasteiger partial charge in [-0.2, -0.15) is 5.10 Å². The van der Waals surface area contributed by atoms with E-state index in [1.807, 2.05) is 0 Å². The fourth-order valence-corrected chi connectivity index (χ4v) is 0.902. The second kappa shape index (κ2) is 3.09. The summed E-state index contributed by atoms with van der Waals surface area (Å²) in [6.07, 6.45) is -0.845. The van der Waals surface area contributed by atoms with E-state index in [1.54, 1.807) is 6.07 Å². The van der Waals surface area contributed by atoms with E-state index in [4.69, 9.17) is 0 Å². The van der Waals surface area contributed by atoms with Crippen molar-refractivity contribution in [1.82, 2.24) is 9.78 Å². The maximum atomic E-state index is 11.7. The van der Waals surface area contributed by atoms with E-state index in [1.165, 1.54) is 10.9 Å². The van der Waals surface area contributed by atoms with Gasteiger partial charge in [0.1, 0.15) is 11.1 Å². The highest BCUT2D eigenvalue weighted by Crippen LogP contribution is 2.05. The molecule has 10 heavy (non-hydrogen) atoms. The third kappa shape index (κ3) is 2.06. The van der Waals surface area contributed by atoms with Crippen molar-refractivity contribution < 1.29 is 8.78 Å². The number of halogens is 3. The molecule has 0 aliphatic heterocycles. The molecule has 0 aromatic carbocycles. The van der Waals surface area contributed by atoms with Gasteiger partial charge in [-0.15, -0.1) is 0 Å². The molecule has 1 rings (SSSR count). The average molecular weight is 211 g/mol. The van der Waals surface area contributed by atoms with Crippen molar-refractivity contribution in [3.05, 3.63) is 16.9 Å². The first-order chi connectivity index (χ1) is 4.68. The van der Waals surface area contributed by atoms with Gasteiger partial charge in [-0.1, -0.05) is 0 Å². The predicted molar refractivity (Wildman–Crippen MR) is 35.9 cm³/mol. The first-order valence-electron chi connectivity index (χ1n) is 2.65. The lowest BCUT2D eigenvalue weighted by Gasteiger charge is -1.96. The average Bonchev–Trinajstić information content (AvgIpc) is 2.13. The quantitative estimate of drug-likeness (QED) is 0.730. The number of hydrogen-bond acceptors (Lipinski definition) is 1. The number of hydrogen-bond donors (Lipinski definition) is 0. The van der Waals surface area contributed by atoms with Crippen molar-refractivity contribution >= 4 is 15.9 Å². The van der Waals surface area contributed by atoms with Crippen LogP contribution in [0.2, 0.25) is 0 Å². The van der Waals surface area contributed by atoms with E-state index < -0.39 is 6.43 Å². The van der Waals surface area contributed by atoms with Gasteiger partial charge < -0.3 is 0 Å². The molecule has 2 nitrogen and oxygen atoms in total. The van der Waals surface area contributed by atoms with E-state index >= 15 is 0 Å². The summed E-state index contributed by atoms with van der Waals surface area (Å²) in [6.45, 7) is -0.342. The Hall–Kier alpha value is -0.450. The van der Waals surface area contributed by atoms with Crippen molar-refractivity contribution in [2.75, 3.05) is 0 Å². The molecule has 0 N–H and O–H groups in total. The van der Waals surface area contributed by atoms with Gasteiger partial charge in [0.05, 0.1) is 0 Å². The first-order valence-corrected chi connectivity index (χ1v) is 3.45. The van der Waals surface area contributed by atoms with Gasteiger partial charge in [0.25, 0.3) is 6.43 Å². The molecule has 0 radical (unpaired) electrons. The minimum Gasteiger partial charge on any atom is -0.266 e. The van der Waals surface area contributed by atoms with Crippen molar-refractivity contribution in [3.63, 3.8) is 0 Å². The molecule has 56 valence electrons. The maximum Gasteiger partial charge on any atom is 0.257 e. The Balaban J connectivity index is 2.58. The molecule has 1 aromatic heterocycles. The molecular weight excluding hydrogens is 206 g/mol. The van der Waals surface area contributed by atoms with Gasteiger partial charge in [-0.3, -0.25) is 4.68 Å². The van der Waals surface area contributed by atoms with Crippen LogP contribution in [0.4, 0.5) is 8.78 Å². The molecule has 0 saturated carbocycles. The fourth-order valence-electron chi connectivity index (χ4n) is 0.580. The molecule has 1 aromatic rings. The molecule has 0 aliphatic rings. The van der Waals surface area contributed by atoms with Crippen LogP contribution in [0, 0.1) is 0 Å². The van der Waals surface area contributed by atoms with Crippen molar-refractivity contribution in [1.29, 1.82) is 0 Å². The molecule has 1 heterocycles. The summed E-state index contributed by atoms with van der Waals surface area (Å²) in [7, 11) is 0. The van der Waals surface area contributed by atoms with Crippen LogP contribution in [-0.4, -0.2) is 16.2 Å². The Morgan fingerprint density at radius 1 is 1.70 bits per heavy atom. The smallest absolute Gasteiger partial charge is 0.257 e. The van der Waals surface area contributed by atoms with Crippen LogP contribution in [-0.2, 0) is 6.54 Å². The predicted octanol–water partition coefficient (Wildman–Crippen LogP) is 1.91. The summed E-state index contributed by atoms with van der Waals surface area (Å²) in [5, 5.41) is 3.70. The van der Waals surface area contributed by atoms with Crippen LogP contribution in [0.1, 0.15) is 0 Å². The second-order valence-corrected chi connectivity index (χ2v) is 2.56. The molecule has 0 saturated heterocycles. The Morgan fingerprint density at radius 3 is 2.80 bits per heavy atom. The lowest BCUT2D eigenvalue weighted by molar-refractivity contribution is 0.121. The molecular formula is C5H5BrF2N2. The zero-order valence-electron chi connectivity index (χ0n) is 4.97. The summed E-state index contributed by atoms with van der Waals surface area (Å²) < 4.78 is 25.1. The second-order valence-electron chi connectivity index (χ2n) is 1.75. The molecule has 0 atom stereocenters. The van der Waals surface area contributed by atoms with Gasteiger partial charge >= 0.3 is 0 Å². The van der Waals surface area contributed by atoms with Gasteiger partial charge in [-0.05, 0) is 22.0 Å². The first kappa shape index (κ1) is 7.65. The normalized spacial score (nSPS) is 10.8. The monoisotopic (exact) mass is 210 g/mol. The highest BCUT2D eigenvalue weighted by Gasteiger charge is 2.03. The summed E-state index contributed by atoms with van der Waals surface area (Å²) in [6, 6.07) is 1.61. The molecule has 5 heteroatoms. The van der Waals surface area contributed by atoms with Gasteiger partial charge in [0.2, 0.25) is 0 Å². The molecule has 0 amide bonds. The third-order valence-corrected chi connectivity index (χ3v) is 1.36. The van der Waals surface area contributed by atoms with E-state index in [0.717, 1.165) is 0 Å². The third-order valence-electron chi connectivity index (χ3n) is 0.933. The number of nitrogens with zero attached hydrogens (tertiary/aromatic N) is 2. The number of aromatic nitrogens is 2. The van der Waals surface area contributed by atoms with Crippen LogP contribution < -0.4 is 0 Å². The molecule has 0 unspecified atom stereocenters. The zero-order valence-corrected chi connectivity index (χ0v) is 6.55. The van der Waals surface area contributed by atoms with Crippen molar-refractivity contribution in [2.45, 2.75) is 13.0 Å². The molecule has 0 aliphatic carbocycles. The summed E-state index contributed by atoms with van der Waals surface area (Å²) in [5.41, 5.74) is 0. The van der Waals surface area contributed by atoms with Gasteiger partial charge in [-0.25, -0.2) is 8.78 Å². The van der Waals surface area contributed by atoms with Crippen LogP contribution in [0.3, 0.4) is 0 Å². The SMILES string of the molecule is FC(F)Cn1ccc(Br)n1. The summed E-state index contributed by atoms with van der Waals surface area (Å²) in [4.78, 5) is 0. The van der Waals surface area contributed by atoms with E-state index in [0.29, 0.717) is 4.60 Å². The molecule has 0 spiro atoms. The lowest BCUT2D eigenvalue weighted by atomic mass is 10.7. The van der Waals surface area contributed by atoms with Gasteiger partial charge in [0.15, 0.2) is 0 Å². The molecule has 0 fully saturated rings. The fraction of sp³-hybridized carbons (Fsp3) is 0.400. The Morgan fingerprint density at radius 2 is 2.40 bits per heavy atom. The Bertz CT molecular complexity index is 211. The van der Waals surface area contributed by atoms with E-state index in [-0.39, 0.29) is 6.54 Å². The minimum atomic E-state index is -2.34. The lowest BCUT2D eigenvalue weighted by Crippen LogP contribution is -2.06. The van der Waals surface area contributed by atoms with E-state index in [2.05, 4.69) is 21.0 Å². The van der Waals surface area contributed by atoms with Crippen molar-refractivity contribution in [2.24, 2.45) is 0 Å². The highest BCUT2D eigenvalue weighted by molar-refractivity contribution is 9.10. The Labute approximate surface area is 65.0 Å². The highest BCUT2D eigenvalue weighted by atomic mass is 79.9. The van der Waals surface area contributed by atoms with Crippen molar-refractivity contribution in [3.8, 4) is 0 Å². The summed E-state index contributed by atoms with van der Waals surface area (Å²) in [5.74, 6) is 0. The van der Waals surface area contributed by atoms with Crippen LogP contribution in [0.15, 0.2) is 16.9 Å². The Kier molecular flexibility index (Phi) is 2.37. The van der Waals surface area contributed by atoms with Crippen LogP contribution >= 0.6 is 15.9 Å². The largest absolute Gasteiger partial charge is 0.266 e. The standard InChI is InChI=1S/C5H5BrF2N2/c6-4-1-2-10(9-4)3-5(7)8/h1-2,5H,3H2.